The quantitative estimate of drug-likeness (QED) is 0.707. The molecular weight excluding hydrogens is 237 g/mol. The minimum absolute atomic E-state index is 0.173. The van der Waals surface area contributed by atoms with E-state index in [1.165, 1.54) is 29.7 Å². The molecule has 3 rings (SSSR count). The largest absolute Gasteiger partial charge is 0.506 e. The van der Waals surface area contributed by atoms with Crippen molar-refractivity contribution >= 4 is 21.4 Å². The SMILES string of the molecule is Oc1cncc2sc(-c3ccc(F)cc3)cc12. The van der Waals surface area contributed by atoms with E-state index in [4.69, 9.17) is 0 Å². The van der Waals surface area contributed by atoms with Crippen molar-refractivity contribution in [3.8, 4) is 16.2 Å². The molecule has 0 aliphatic heterocycles. The number of pyridine rings is 1. The number of halogens is 1. The van der Waals surface area contributed by atoms with Crippen LogP contribution in [-0.4, -0.2) is 10.1 Å². The Morgan fingerprint density at radius 2 is 1.88 bits per heavy atom. The molecule has 1 N–H and O–H groups in total. The molecule has 0 amide bonds. The number of thiophene rings is 1. The lowest BCUT2D eigenvalue weighted by Crippen LogP contribution is -1.73. The summed E-state index contributed by atoms with van der Waals surface area (Å²) in [4.78, 5) is 4.92. The molecular formula is C13H8FNOS. The lowest BCUT2D eigenvalue weighted by atomic mass is 10.1. The Morgan fingerprint density at radius 3 is 2.59 bits per heavy atom. The van der Waals surface area contributed by atoms with E-state index in [-0.39, 0.29) is 11.6 Å². The summed E-state index contributed by atoms with van der Waals surface area (Å²) in [6, 6.07) is 8.20. The van der Waals surface area contributed by atoms with Gasteiger partial charge in [-0.3, -0.25) is 4.98 Å². The van der Waals surface area contributed by atoms with E-state index in [9.17, 15) is 9.50 Å². The van der Waals surface area contributed by atoms with Gasteiger partial charge in [0, 0.05) is 16.5 Å². The second-order valence-corrected chi connectivity index (χ2v) is 4.77. The highest BCUT2D eigenvalue weighted by Crippen LogP contribution is 2.36. The zero-order chi connectivity index (χ0) is 11.8. The summed E-state index contributed by atoms with van der Waals surface area (Å²) in [7, 11) is 0. The molecule has 0 saturated heterocycles. The number of nitrogens with zero attached hydrogens (tertiary/aromatic N) is 1. The summed E-state index contributed by atoms with van der Waals surface area (Å²) < 4.78 is 13.7. The van der Waals surface area contributed by atoms with E-state index in [2.05, 4.69) is 4.98 Å². The molecule has 84 valence electrons. The van der Waals surface area contributed by atoms with E-state index in [1.54, 1.807) is 18.3 Å². The number of fused-ring (bicyclic) bond motifs is 1. The van der Waals surface area contributed by atoms with Crippen LogP contribution in [0, 0.1) is 5.82 Å². The van der Waals surface area contributed by atoms with Crippen LogP contribution in [0.4, 0.5) is 4.39 Å². The first-order chi connectivity index (χ1) is 8.24. The predicted molar refractivity (Wildman–Crippen MR) is 66.7 cm³/mol. The Bertz CT molecular complexity index is 675. The van der Waals surface area contributed by atoms with Gasteiger partial charge in [-0.25, -0.2) is 4.39 Å². The monoisotopic (exact) mass is 245 g/mol. The zero-order valence-corrected chi connectivity index (χ0v) is 9.54. The number of benzene rings is 1. The van der Waals surface area contributed by atoms with Gasteiger partial charge in [0.15, 0.2) is 0 Å². The van der Waals surface area contributed by atoms with E-state index in [0.717, 1.165) is 20.5 Å². The smallest absolute Gasteiger partial charge is 0.142 e. The Morgan fingerprint density at radius 1 is 1.12 bits per heavy atom. The van der Waals surface area contributed by atoms with Crippen molar-refractivity contribution < 1.29 is 9.50 Å². The van der Waals surface area contributed by atoms with E-state index in [0.29, 0.717) is 0 Å². The molecule has 0 spiro atoms. The average Bonchev–Trinajstić information content (AvgIpc) is 2.75. The minimum atomic E-state index is -0.251. The van der Waals surface area contributed by atoms with Crippen molar-refractivity contribution in [3.63, 3.8) is 0 Å². The number of hydrogen-bond acceptors (Lipinski definition) is 3. The molecule has 3 aromatic rings. The van der Waals surface area contributed by atoms with Gasteiger partial charge in [-0.1, -0.05) is 12.1 Å². The molecule has 4 heteroatoms. The van der Waals surface area contributed by atoms with Gasteiger partial charge in [0.25, 0.3) is 0 Å². The van der Waals surface area contributed by atoms with Crippen molar-refractivity contribution in [1.29, 1.82) is 0 Å². The molecule has 0 aliphatic carbocycles. The third kappa shape index (κ3) is 1.76. The molecule has 2 aromatic heterocycles. The summed E-state index contributed by atoms with van der Waals surface area (Å²) in [5.74, 6) is -0.0773. The number of rotatable bonds is 1. The van der Waals surface area contributed by atoms with Gasteiger partial charge in [-0.05, 0) is 23.8 Å². The lowest BCUT2D eigenvalue weighted by molar-refractivity contribution is 0.479. The standard InChI is InChI=1S/C13H8FNOS/c14-9-3-1-8(2-4-9)12-5-10-11(16)6-15-7-13(10)17-12/h1-7,16H. The van der Waals surface area contributed by atoms with Gasteiger partial charge < -0.3 is 5.11 Å². The Labute approximate surface area is 101 Å². The van der Waals surface area contributed by atoms with Crippen LogP contribution in [0.3, 0.4) is 0 Å². The fraction of sp³-hybridized carbons (Fsp3) is 0. The van der Waals surface area contributed by atoms with Gasteiger partial charge in [-0.2, -0.15) is 0 Å². The van der Waals surface area contributed by atoms with Crippen LogP contribution in [0.2, 0.25) is 0 Å². The fourth-order valence-electron chi connectivity index (χ4n) is 1.70. The molecule has 0 fully saturated rings. The van der Waals surface area contributed by atoms with Gasteiger partial charge in [0.2, 0.25) is 0 Å². The maximum atomic E-state index is 12.8. The van der Waals surface area contributed by atoms with Crippen molar-refractivity contribution in [2.45, 2.75) is 0 Å². The van der Waals surface area contributed by atoms with Crippen molar-refractivity contribution in [2.75, 3.05) is 0 Å². The topological polar surface area (TPSA) is 33.1 Å². The van der Waals surface area contributed by atoms with Gasteiger partial charge in [0.1, 0.15) is 11.6 Å². The molecule has 0 aliphatic rings. The number of aromatic hydroxyl groups is 1. The molecule has 0 atom stereocenters. The second-order valence-electron chi connectivity index (χ2n) is 3.69. The normalized spacial score (nSPS) is 10.9. The molecule has 0 unspecified atom stereocenters. The highest BCUT2D eigenvalue weighted by atomic mass is 32.1. The van der Waals surface area contributed by atoms with E-state index < -0.39 is 0 Å². The van der Waals surface area contributed by atoms with Crippen LogP contribution >= 0.6 is 11.3 Å². The maximum Gasteiger partial charge on any atom is 0.142 e. The first kappa shape index (κ1) is 10.2. The zero-order valence-electron chi connectivity index (χ0n) is 8.72. The molecule has 1 aromatic carbocycles. The molecule has 2 nitrogen and oxygen atoms in total. The lowest BCUT2D eigenvalue weighted by Gasteiger charge is -1.95. The Hall–Kier alpha value is -1.94. The van der Waals surface area contributed by atoms with Gasteiger partial charge in [0.05, 0.1) is 10.9 Å². The number of aromatic nitrogens is 1. The Kier molecular flexibility index (Phi) is 2.30. The second kappa shape index (κ2) is 3.82. The van der Waals surface area contributed by atoms with E-state index in [1.807, 2.05) is 6.07 Å². The minimum Gasteiger partial charge on any atom is -0.506 e. The van der Waals surface area contributed by atoms with Crippen LogP contribution in [0.15, 0.2) is 42.7 Å². The van der Waals surface area contributed by atoms with Crippen LogP contribution in [0.25, 0.3) is 20.5 Å². The van der Waals surface area contributed by atoms with Crippen LogP contribution in [-0.2, 0) is 0 Å². The van der Waals surface area contributed by atoms with Crippen LogP contribution < -0.4 is 0 Å². The molecule has 17 heavy (non-hydrogen) atoms. The maximum absolute atomic E-state index is 12.8. The number of hydrogen-bond donors (Lipinski definition) is 1. The van der Waals surface area contributed by atoms with Gasteiger partial charge >= 0.3 is 0 Å². The fourth-order valence-corrected chi connectivity index (χ4v) is 2.76. The third-order valence-electron chi connectivity index (χ3n) is 2.55. The van der Waals surface area contributed by atoms with Crippen molar-refractivity contribution in [2.24, 2.45) is 0 Å². The van der Waals surface area contributed by atoms with Crippen molar-refractivity contribution in [1.82, 2.24) is 4.98 Å². The van der Waals surface area contributed by atoms with Gasteiger partial charge in [-0.15, -0.1) is 11.3 Å². The third-order valence-corrected chi connectivity index (χ3v) is 3.67. The predicted octanol–water partition coefficient (Wildman–Crippen LogP) is 3.81. The Balaban J connectivity index is 2.18. The van der Waals surface area contributed by atoms with Crippen molar-refractivity contribution in [3.05, 3.63) is 48.5 Å². The summed E-state index contributed by atoms with van der Waals surface area (Å²) in [6.07, 6.45) is 3.14. The summed E-state index contributed by atoms with van der Waals surface area (Å²) in [6.45, 7) is 0. The molecule has 2 heterocycles. The molecule has 0 radical (unpaired) electrons. The summed E-state index contributed by atoms with van der Waals surface area (Å²) >= 11 is 1.53. The average molecular weight is 245 g/mol. The van der Waals surface area contributed by atoms with Crippen LogP contribution in [0.1, 0.15) is 0 Å². The highest BCUT2D eigenvalue weighted by Gasteiger charge is 2.07. The molecule has 0 saturated carbocycles. The first-order valence-electron chi connectivity index (χ1n) is 5.06. The first-order valence-corrected chi connectivity index (χ1v) is 5.88. The van der Waals surface area contributed by atoms with Crippen LogP contribution in [0.5, 0.6) is 5.75 Å². The van der Waals surface area contributed by atoms with E-state index >= 15 is 0 Å². The highest BCUT2D eigenvalue weighted by molar-refractivity contribution is 7.22. The molecule has 0 bridgehead atoms. The summed E-state index contributed by atoms with van der Waals surface area (Å²) in [5, 5.41) is 10.4. The summed E-state index contributed by atoms with van der Waals surface area (Å²) in [5.41, 5.74) is 0.937.